The van der Waals surface area contributed by atoms with Crippen molar-refractivity contribution in [1.29, 1.82) is 0 Å². The van der Waals surface area contributed by atoms with Crippen LogP contribution in [0.5, 0.6) is 0 Å². The van der Waals surface area contributed by atoms with Gasteiger partial charge < -0.3 is 14.6 Å². The van der Waals surface area contributed by atoms with Crippen LogP contribution >= 0.6 is 0 Å². The summed E-state index contributed by atoms with van der Waals surface area (Å²) in [4.78, 5) is 32.9. The van der Waals surface area contributed by atoms with Gasteiger partial charge in [0.2, 0.25) is 0 Å². The molecule has 0 unspecified atom stereocenters. The van der Waals surface area contributed by atoms with E-state index in [0.717, 1.165) is 25.7 Å². The molecule has 1 N–H and O–H groups in total. The lowest BCUT2D eigenvalue weighted by Gasteiger charge is -2.03. The van der Waals surface area contributed by atoms with Gasteiger partial charge in [0, 0.05) is 23.3 Å². The minimum absolute atomic E-state index is 0.190. The zero-order chi connectivity index (χ0) is 21.2. The highest BCUT2D eigenvalue weighted by atomic mass is 16.6. The van der Waals surface area contributed by atoms with Crippen molar-refractivity contribution in [1.82, 2.24) is 0 Å². The first-order chi connectivity index (χ1) is 12.7. The molecule has 0 aliphatic carbocycles. The summed E-state index contributed by atoms with van der Waals surface area (Å²) in [6, 6.07) is 0. The van der Waals surface area contributed by atoms with E-state index in [9.17, 15) is 14.4 Å². The van der Waals surface area contributed by atoms with E-state index in [0.29, 0.717) is 25.0 Å². The van der Waals surface area contributed by atoms with Gasteiger partial charge in [0.15, 0.2) is 0 Å². The van der Waals surface area contributed by atoms with Crippen LogP contribution in [0.4, 0.5) is 0 Å². The number of allylic oxidation sites excluding steroid dienone is 1. The fourth-order valence-electron chi connectivity index (χ4n) is 1.48. The average molecular weight is 380 g/mol. The Balaban J connectivity index is 0. The molecule has 0 atom stereocenters. The average Bonchev–Trinajstić information content (AvgIpc) is 2.62. The molecule has 0 aromatic carbocycles. The highest BCUT2D eigenvalue weighted by Gasteiger charge is 2.13. The van der Waals surface area contributed by atoms with Gasteiger partial charge in [-0.05, 0) is 46.0 Å². The summed E-state index contributed by atoms with van der Waals surface area (Å²) in [6.45, 7) is 17.6. The van der Waals surface area contributed by atoms with Crippen molar-refractivity contribution in [2.75, 3.05) is 13.2 Å². The molecule has 152 valence electrons. The number of ether oxygens (including phenoxy) is 2. The lowest BCUT2D eigenvalue weighted by atomic mass is 10.2. The summed E-state index contributed by atoms with van der Waals surface area (Å²) in [5.41, 5.74) is 0.893. The number of hydrogen-bond donors (Lipinski definition) is 1. The van der Waals surface area contributed by atoms with Crippen LogP contribution in [0.3, 0.4) is 0 Å². The molecule has 0 saturated carbocycles. The number of rotatable bonds is 12. The molecule has 0 spiro atoms. The first-order valence-corrected chi connectivity index (χ1v) is 8.81. The Bertz CT molecular complexity index is 545. The summed E-state index contributed by atoms with van der Waals surface area (Å²) < 4.78 is 9.34. The second-order valence-electron chi connectivity index (χ2n) is 5.94. The van der Waals surface area contributed by atoms with E-state index in [2.05, 4.69) is 31.1 Å². The van der Waals surface area contributed by atoms with E-state index in [-0.39, 0.29) is 23.7 Å². The first kappa shape index (κ1) is 26.8. The summed E-state index contributed by atoms with van der Waals surface area (Å²) in [7, 11) is 0. The van der Waals surface area contributed by atoms with Crippen LogP contribution in [0.25, 0.3) is 0 Å². The van der Waals surface area contributed by atoms with Crippen molar-refractivity contribution >= 4 is 17.9 Å². The number of carbonyl (C=O) groups is 3. The fraction of sp³-hybridized carbons (Fsp3) is 0.476. The molecular formula is C21H32O6. The number of unbranched alkanes of at least 4 members (excludes halogenated alkanes) is 3. The maximum Gasteiger partial charge on any atom is 0.341 e. The first-order valence-electron chi connectivity index (χ1n) is 8.81. The van der Waals surface area contributed by atoms with Crippen LogP contribution in [0.15, 0.2) is 49.1 Å². The predicted octanol–water partition coefficient (Wildman–Crippen LogP) is 3.81. The Morgan fingerprint density at radius 1 is 0.889 bits per heavy atom. The Labute approximate surface area is 162 Å². The SMILES string of the molecule is C=C(C)C(=O)OCCCCCCO.C=CCCC(=C)C(=O)OC(=O)C(=C)C. The molecule has 6 heteroatoms. The van der Waals surface area contributed by atoms with Gasteiger partial charge in [-0.2, -0.15) is 0 Å². The van der Waals surface area contributed by atoms with Crippen LogP contribution in [0.1, 0.15) is 52.4 Å². The fourth-order valence-corrected chi connectivity index (χ4v) is 1.48. The molecule has 0 aliphatic rings. The third-order valence-electron chi connectivity index (χ3n) is 3.11. The third kappa shape index (κ3) is 16.7. The molecule has 0 aromatic heterocycles. The van der Waals surface area contributed by atoms with Crippen LogP contribution in [0, 0.1) is 0 Å². The van der Waals surface area contributed by atoms with Gasteiger partial charge in [-0.3, -0.25) is 0 Å². The summed E-state index contributed by atoms with van der Waals surface area (Å²) in [6.07, 6.45) is 6.42. The molecule has 0 fully saturated rings. The van der Waals surface area contributed by atoms with Crippen LogP contribution in [-0.4, -0.2) is 36.2 Å². The molecule has 0 bridgehead atoms. The van der Waals surface area contributed by atoms with Crippen molar-refractivity contribution in [3.05, 3.63) is 49.1 Å². The molecule has 0 rings (SSSR count). The number of aliphatic hydroxyl groups excluding tert-OH is 1. The maximum absolute atomic E-state index is 11.1. The number of carbonyl (C=O) groups excluding carboxylic acids is 3. The molecule has 0 amide bonds. The molecular weight excluding hydrogens is 348 g/mol. The lowest BCUT2D eigenvalue weighted by molar-refractivity contribution is -0.154. The summed E-state index contributed by atoms with van der Waals surface area (Å²) in [5.74, 6) is -1.73. The lowest BCUT2D eigenvalue weighted by Crippen LogP contribution is -2.14. The van der Waals surface area contributed by atoms with Gasteiger partial charge in [0.1, 0.15) is 0 Å². The Kier molecular flexibility index (Phi) is 16.8. The smallest absolute Gasteiger partial charge is 0.341 e. The Morgan fingerprint density at radius 2 is 1.44 bits per heavy atom. The summed E-state index contributed by atoms with van der Waals surface area (Å²) in [5, 5.41) is 8.49. The zero-order valence-corrected chi connectivity index (χ0v) is 16.6. The molecule has 27 heavy (non-hydrogen) atoms. The van der Waals surface area contributed by atoms with Crippen molar-refractivity contribution in [3.8, 4) is 0 Å². The van der Waals surface area contributed by atoms with Crippen LogP contribution < -0.4 is 0 Å². The second-order valence-corrected chi connectivity index (χ2v) is 5.94. The minimum atomic E-state index is -0.713. The van der Waals surface area contributed by atoms with Crippen molar-refractivity contribution in [2.24, 2.45) is 0 Å². The molecule has 0 radical (unpaired) electrons. The molecule has 0 aromatic rings. The van der Waals surface area contributed by atoms with Crippen LogP contribution in [0.2, 0.25) is 0 Å². The van der Waals surface area contributed by atoms with Crippen molar-refractivity contribution < 1.29 is 29.0 Å². The van der Waals surface area contributed by atoms with E-state index in [1.165, 1.54) is 6.92 Å². The van der Waals surface area contributed by atoms with Crippen molar-refractivity contribution in [2.45, 2.75) is 52.4 Å². The van der Waals surface area contributed by atoms with Crippen molar-refractivity contribution in [3.63, 3.8) is 0 Å². The van der Waals surface area contributed by atoms with E-state index >= 15 is 0 Å². The van der Waals surface area contributed by atoms with Crippen LogP contribution in [-0.2, 0) is 23.9 Å². The molecule has 0 saturated heterocycles. The van der Waals surface area contributed by atoms with Gasteiger partial charge in [-0.15, -0.1) is 6.58 Å². The number of hydrogen-bond acceptors (Lipinski definition) is 6. The van der Waals surface area contributed by atoms with E-state index in [4.69, 9.17) is 9.84 Å². The quantitative estimate of drug-likeness (QED) is 0.182. The van der Waals surface area contributed by atoms with Gasteiger partial charge in [0.25, 0.3) is 0 Å². The van der Waals surface area contributed by atoms with Gasteiger partial charge in [-0.1, -0.05) is 32.2 Å². The molecule has 0 aliphatic heterocycles. The Hall–Kier alpha value is -2.47. The van der Waals surface area contributed by atoms with E-state index in [1.807, 2.05) is 0 Å². The minimum Gasteiger partial charge on any atom is -0.462 e. The third-order valence-corrected chi connectivity index (χ3v) is 3.11. The van der Waals surface area contributed by atoms with E-state index in [1.54, 1.807) is 13.0 Å². The van der Waals surface area contributed by atoms with Gasteiger partial charge >= 0.3 is 17.9 Å². The molecule has 0 heterocycles. The number of aliphatic hydroxyl groups is 1. The standard InChI is InChI=1S/C11H14O3.C10H18O3/c1-5-6-7-9(4)11(13)14-10(12)8(2)3;1-9(2)10(12)13-8-6-4-3-5-7-11/h5H,1-2,4,6-7H2,3H3;11H,1,3-8H2,2H3. The molecule has 6 nitrogen and oxygen atoms in total. The highest BCUT2D eigenvalue weighted by Crippen LogP contribution is 2.06. The largest absolute Gasteiger partial charge is 0.462 e. The topological polar surface area (TPSA) is 89.9 Å². The predicted molar refractivity (Wildman–Crippen MR) is 106 cm³/mol. The van der Waals surface area contributed by atoms with Gasteiger partial charge in [0.05, 0.1) is 6.61 Å². The second kappa shape index (κ2) is 17.0. The zero-order valence-electron chi connectivity index (χ0n) is 16.6. The Morgan fingerprint density at radius 3 is 1.93 bits per heavy atom. The highest BCUT2D eigenvalue weighted by molar-refractivity contribution is 6.00. The normalized spacial score (nSPS) is 9.30. The monoisotopic (exact) mass is 380 g/mol. The maximum atomic E-state index is 11.1. The summed E-state index contributed by atoms with van der Waals surface area (Å²) >= 11 is 0. The van der Waals surface area contributed by atoms with Gasteiger partial charge in [-0.25, -0.2) is 14.4 Å². The van der Waals surface area contributed by atoms with E-state index < -0.39 is 11.9 Å². The number of esters is 3.